The minimum atomic E-state index is -0.333. The number of halogens is 3. The summed E-state index contributed by atoms with van der Waals surface area (Å²) in [7, 11) is 4.09. The van der Waals surface area contributed by atoms with Crippen LogP contribution >= 0.6 is 27.5 Å². The number of fused-ring (bicyclic) bond motifs is 6. The number of allylic oxidation sites excluding steroid dienone is 1. The zero-order valence-electron chi connectivity index (χ0n) is 77.3. The number of hydrogen-bond donors (Lipinski definition) is 2. The highest BCUT2D eigenvalue weighted by atomic mass is 79.9. The van der Waals surface area contributed by atoms with Gasteiger partial charge >= 0.3 is 0 Å². The fraction of sp³-hybridized carbons (Fsp3) is 0.165. The number of nitrogen functional groups attached to an aromatic ring is 2. The average Bonchev–Trinajstić information content (AvgIpc) is 1.63. The number of ether oxygens (including phenoxy) is 2. The maximum absolute atomic E-state index is 14.2. The van der Waals surface area contributed by atoms with E-state index in [1.54, 1.807) is 24.5 Å². The molecule has 21 aromatic rings. The molecule has 0 aliphatic carbocycles. The zero-order chi connectivity index (χ0) is 94.2. The Labute approximate surface area is 806 Å². The summed E-state index contributed by atoms with van der Waals surface area (Å²) in [6.45, 7) is 18.7. The van der Waals surface area contributed by atoms with E-state index in [-0.39, 0.29) is 12.4 Å². The molecule has 21 rings (SSSR count). The molecule has 18 nitrogen and oxygen atoms in total. The largest absolute Gasteiger partial charge is 0.494 e. The van der Waals surface area contributed by atoms with E-state index < -0.39 is 0 Å². The summed E-state index contributed by atoms with van der Waals surface area (Å²) in [4.78, 5) is 30.8. The van der Waals surface area contributed by atoms with Crippen molar-refractivity contribution in [2.75, 3.05) is 43.7 Å². The monoisotopic (exact) mass is 1880 g/mol. The second-order valence-electron chi connectivity index (χ2n) is 33.8. The van der Waals surface area contributed by atoms with E-state index in [0.29, 0.717) is 41.3 Å². The Morgan fingerprint density at radius 2 is 0.816 bits per heavy atom. The van der Waals surface area contributed by atoms with Crippen molar-refractivity contribution < 1.29 is 18.3 Å². The summed E-state index contributed by atoms with van der Waals surface area (Å²) in [5, 5.41) is 0.396. The molecule has 7 heterocycles. The van der Waals surface area contributed by atoms with Crippen LogP contribution in [0.4, 0.5) is 21.5 Å². The lowest BCUT2D eigenvalue weighted by Gasteiger charge is -2.13. The minimum absolute atomic E-state index is 0.280. The van der Waals surface area contributed by atoms with E-state index in [1.165, 1.54) is 28.4 Å². The SMILES string of the molecule is C=C(C)Cn1c(-c2ccc(N(C)C)cc2)nc2ccccc21.CC(C)CCn1c(-c2ccc(N)cc2)nc2ccccc21.CCCn1c(-c2ccc(Br)cc2)nc2ccccc21.Fc1cccc(Cl)c1Cn1c(-c2ccco2)nc2ccccc21.Nc1ccc(-c2nc3ccccc3n2CCCOc2ccccc2)cc1.c1ccc(Cc2nc3ccccc3n2CCOc2ccccc2)cc1. The van der Waals surface area contributed by atoms with Gasteiger partial charge in [-0.1, -0.05) is 218 Å². The van der Waals surface area contributed by atoms with E-state index in [2.05, 4.69) is 228 Å². The van der Waals surface area contributed by atoms with Gasteiger partial charge in [0.2, 0.25) is 0 Å². The third kappa shape index (κ3) is 23.4. The van der Waals surface area contributed by atoms with Crippen molar-refractivity contribution in [3.63, 3.8) is 0 Å². The van der Waals surface area contributed by atoms with Crippen LogP contribution in [0.15, 0.2) is 391 Å². The molecular formula is C115H110BrClFN15O3. The molecule has 0 atom stereocenters. The first kappa shape index (κ1) is 93.8. The molecule has 0 unspecified atom stereocenters. The van der Waals surface area contributed by atoms with Gasteiger partial charge in [-0.25, -0.2) is 34.3 Å². The lowest BCUT2D eigenvalue weighted by Crippen LogP contribution is -2.11. The number of para-hydroxylation sites is 14. The lowest BCUT2D eigenvalue weighted by molar-refractivity contribution is 0.298. The molecule has 0 spiro atoms. The molecule has 0 aliphatic rings. The Morgan fingerprint density at radius 3 is 1.26 bits per heavy atom. The number of rotatable bonds is 26. The fourth-order valence-corrected chi connectivity index (χ4v) is 16.8. The Morgan fingerprint density at radius 1 is 0.419 bits per heavy atom. The number of benzene rings is 14. The van der Waals surface area contributed by atoms with Gasteiger partial charge in [-0.05, 0) is 244 Å². The summed E-state index contributed by atoms with van der Waals surface area (Å²) >= 11 is 9.65. The highest BCUT2D eigenvalue weighted by Gasteiger charge is 2.22. The molecule has 0 saturated carbocycles. The molecular weight excluding hydrogens is 1770 g/mol. The number of nitrogens with zero attached hydrogens (tertiary/aromatic N) is 13. The second-order valence-corrected chi connectivity index (χ2v) is 35.1. The summed E-state index contributed by atoms with van der Waals surface area (Å²) in [5.41, 5.74) is 34.4. The van der Waals surface area contributed by atoms with Crippen LogP contribution in [0.1, 0.15) is 63.9 Å². The number of aromatic nitrogens is 12. The summed E-state index contributed by atoms with van der Waals surface area (Å²) < 4.78 is 45.8. The molecule has 136 heavy (non-hydrogen) atoms. The summed E-state index contributed by atoms with van der Waals surface area (Å²) in [5.74, 6) is 8.53. The summed E-state index contributed by atoms with van der Waals surface area (Å²) in [6, 6.07) is 120. The van der Waals surface area contributed by atoms with Crippen molar-refractivity contribution in [3.8, 4) is 68.6 Å². The van der Waals surface area contributed by atoms with Gasteiger partial charge in [-0.15, -0.1) is 0 Å². The standard InChI is InChI=1S/C22H21N3O.C22H20N2O.C19H21N3.C18H12ClFN2O.C18H21N3.C16H15BrN2/c23-18-13-11-17(12-14-18)22-24-20-9-4-5-10-21(20)25(22)15-6-16-26-19-7-2-1-3-8-19;1-3-9-18(10-4-1)17-22-23-20-13-7-8-14-21(20)24(22)15-16-25-19-11-5-2-6-12-19;1-14(2)13-22-18-8-6-5-7-17(18)20-19(22)15-9-11-16(12-10-15)21(3)4;19-13-5-3-6-14(20)12(13)11-22-16-8-2-1-7-15(16)21-18(22)17-9-4-10-23-17;1-13(2)11-12-21-17-6-4-3-5-16(17)20-18(21)14-7-9-15(19)10-8-14;1-2-11-19-15-6-4-3-5-14(15)18-16(19)12-7-9-13(17)10-8-12/h1-5,7-14H,6,15-16,23H2;1-14H,15-17H2;5-12H,1,13H2,2-4H3;1-10H,11H2;3-10,13H,11-12,19H2,1-2H3;3-10H,2,11H2,1H3. The third-order valence-corrected chi connectivity index (χ3v) is 24.0. The molecule has 0 aliphatic heterocycles. The highest BCUT2D eigenvalue weighted by molar-refractivity contribution is 9.10. The van der Waals surface area contributed by atoms with Gasteiger partial charge < -0.3 is 57.7 Å². The van der Waals surface area contributed by atoms with Crippen LogP contribution < -0.4 is 25.8 Å². The second kappa shape index (κ2) is 45.4. The van der Waals surface area contributed by atoms with Gasteiger partial charge in [0.25, 0.3) is 0 Å². The molecule has 0 amide bonds. The van der Waals surface area contributed by atoms with Crippen molar-refractivity contribution >= 4 is 111 Å². The molecule has 7 aromatic heterocycles. The van der Waals surface area contributed by atoms with E-state index in [9.17, 15) is 4.39 Å². The fourth-order valence-electron chi connectivity index (χ4n) is 16.3. The van der Waals surface area contributed by atoms with Crippen molar-refractivity contribution in [2.45, 2.75) is 92.6 Å². The van der Waals surface area contributed by atoms with Crippen LogP contribution in [-0.2, 0) is 45.7 Å². The lowest BCUT2D eigenvalue weighted by atomic mass is 10.1. The number of imidazole rings is 6. The predicted octanol–water partition coefficient (Wildman–Crippen LogP) is 28.2. The van der Waals surface area contributed by atoms with Crippen LogP contribution in [0, 0.1) is 11.7 Å². The van der Waals surface area contributed by atoms with Gasteiger partial charge in [-0.3, -0.25) is 0 Å². The first-order valence-electron chi connectivity index (χ1n) is 45.9. The van der Waals surface area contributed by atoms with Crippen LogP contribution in [0.5, 0.6) is 11.5 Å². The van der Waals surface area contributed by atoms with Gasteiger partial charge in [0.1, 0.15) is 53.0 Å². The van der Waals surface area contributed by atoms with Gasteiger partial charge in [-0.2, -0.15) is 0 Å². The maximum atomic E-state index is 14.2. The normalized spacial score (nSPS) is 11.0. The van der Waals surface area contributed by atoms with Crippen molar-refractivity contribution in [1.82, 2.24) is 57.3 Å². The van der Waals surface area contributed by atoms with Crippen LogP contribution in [0.2, 0.25) is 5.02 Å². The van der Waals surface area contributed by atoms with Gasteiger partial charge in [0.05, 0.1) is 92.2 Å². The minimum Gasteiger partial charge on any atom is -0.494 e. The smallest absolute Gasteiger partial charge is 0.177 e. The molecule has 0 radical (unpaired) electrons. The molecule has 0 bridgehead atoms. The summed E-state index contributed by atoms with van der Waals surface area (Å²) in [6.07, 6.45) is 5.55. The third-order valence-electron chi connectivity index (χ3n) is 23.1. The molecule has 4 N–H and O–H groups in total. The van der Waals surface area contributed by atoms with Crippen molar-refractivity contribution in [2.24, 2.45) is 5.92 Å². The van der Waals surface area contributed by atoms with Gasteiger partial charge in [0, 0.05) is 101 Å². The number of hydrogen-bond acceptors (Lipinski definition) is 12. The zero-order valence-corrected chi connectivity index (χ0v) is 79.7. The number of nitrogens with two attached hydrogens (primary N) is 2. The Kier molecular flexibility index (Phi) is 31.3. The Hall–Kier alpha value is -15.4. The number of furan rings is 1. The molecule has 684 valence electrons. The Bertz CT molecular complexity index is 7440. The first-order valence-corrected chi connectivity index (χ1v) is 47.1. The van der Waals surface area contributed by atoms with E-state index in [0.717, 1.165) is 198 Å². The maximum Gasteiger partial charge on any atom is 0.177 e. The van der Waals surface area contributed by atoms with E-state index in [4.69, 9.17) is 61.9 Å². The topological polar surface area (TPSA) is 194 Å². The highest BCUT2D eigenvalue weighted by Crippen LogP contribution is 2.35. The molecule has 0 fully saturated rings. The molecule has 21 heteroatoms. The first-order chi connectivity index (χ1) is 66.4. The quantitative estimate of drug-likeness (QED) is 0.0296. The van der Waals surface area contributed by atoms with Crippen molar-refractivity contribution in [3.05, 3.63) is 415 Å². The van der Waals surface area contributed by atoms with Crippen LogP contribution in [0.3, 0.4) is 0 Å². The average molecular weight is 1880 g/mol. The van der Waals surface area contributed by atoms with E-state index in [1.807, 2.05) is 214 Å². The molecule has 14 aromatic carbocycles. The van der Waals surface area contributed by atoms with Crippen LogP contribution in [-0.4, -0.2) is 84.6 Å². The van der Waals surface area contributed by atoms with Crippen LogP contribution in [0.25, 0.3) is 123 Å². The van der Waals surface area contributed by atoms with E-state index >= 15 is 0 Å². The Balaban J connectivity index is 0.000000119. The van der Waals surface area contributed by atoms with Gasteiger partial charge in [0.15, 0.2) is 11.6 Å². The predicted molar refractivity (Wildman–Crippen MR) is 562 cm³/mol. The molecule has 0 saturated heterocycles. The number of anilines is 3. The van der Waals surface area contributed by atoms with Crippen molar-refractivity contribution in [1.29, 1.82) is 0 Å². The number of aryl methyl sites for hydroxylation is 3.